The van der Waals surface area contributed by atoms with Gasteiger partial charge in [0.15, 0.2) is 5.75 Å². The number of carbonyl (C=O) groups is 1. The van der Waals surface area contributed by atoms with Gasteiger partial charge in [0.1, 0.15) is 11.9 Å². The van der Waals surface area contributed by atoms with E-state index in [1.54, 1.807) is 0 Å². The van der Waals surface area contributed by atoms with Gasteiger partial charge in [-0.3, -0.25) is 19.9 Å². The minimum Gasteiger partial charge on any atom is -0.502 e. The van der Waals surface area contributed by atoms with Crippen molar-refractivity contribution >= 4 is 17.4 Å². The number of nitro groups is 1. The van der Waals surface area contributed by atoms with Crippen molar-refractivity contribution in [3.63, 3.8) is 0 Å². The van der Waals surface area contributed by atoms with Crippen LogP contribution in [-0.2, 0) is 4.79 Å². The van der Waals surface area contributed by atoms with Crippen LogP contribution in [0.1, 0.15) is 19.4 Å². The number of hydrogen-bond donors (Lipinski definition) is 2. The number of nitrogens with one attached hydrogen (secondary N) is 1. The lowest BCUT2D eigenvalue weighted by Gasteiger charge is -2.06. The second-order valence-corrected chi connectivity index (χ2v) is 4.62. The molecule has 0 aliphatic carbocycles. The summed E-state index contributed by atoms with van der Waals surface area (Å²) in [7, 11) is 0. The quantitative estimate of drug-likeness (QED) is 0.631. The lowest BCUT2D eigenvalue weighted by molar-refractivity contribution is -0.385. The van der Waals surface area contributed by atoms with Crippen molar-refractivity contribution in [2.75, 3.05) is 0 Å². The standard InChI is InChI=1S/C12H13N3O4/c1-6(2)10-12(17)14-11(13-10)7-3-4-9(16)8(5-7)15(18)19/h3-6,10,16H,1-2H3,(H,13,14,17). The fourth-order valence-electron chi connectivity index (χ4n) is 1.84. The van der Waals surface area contributed by atoms with E-state index in [9.17, 15) is 20.0 Å². The SMILES string of the molecule is CC(C)C1N=C(c2ccc(O)c([N+](=O)[O-])c2)NC1=O. The molecule has 1 amide bonds. The van der Waals surface area contributed by atoms with Gasteiger partial charge < -0.3 is 10.4 Å². The maximum absolute atomic E-state index is 11.7. The van der Waals surface area contributed by atoms with Crippen LogP contribution in [0.4, 0.5) is 5.69 Å². The molecule has 1 aromatic carbocycles. The van der Waals surface area contributed by atoms with Crippen LogP contribution in [0.2, 0.25) is 0 Å². The van der Waals surface area contributed by atoms with Gasteiger partial charge in [-0.15, -0.1) is 0 Å². The molecule has 2 N–H and O–H groups in total. The van der Waals surface area contributed by atoms with Crippen LogP contribution in [0, 0.1) is 16.0 Å². The van der Waals surface area contributed by atoms with E-state index in [0.29, 0.717) is 11.4 Å². The summed E-state index contributed by atoms with van der Waals surface area (Å²) in [6.45, 7) is 3.74. The molecule has 1 aliphatic heterocycles. The summed E-state index contributed by atoms with van der Waals surface area (Å²) >= 11 is 0. The number of rotatable bonds is 3. The topological polar surface area (TPSA) is 105 Å². The van der Waals surface area contributed by atoms with Crippen molar-refractivity contribution in [3.8, 4) is 5.75 Å². The van der Waals surface area contributed by atoms with Crippen molar-refractivity contribution in [1.29, 1.82) is 0 Å². The Balaban J connectivity index is 2.39. The first-order valence-corrected chi connectivity index (χ1v) is 5.76. The Hall–Kier alpha value is -2.44. The Bertz CT molecular complexity index is 580. The highest BCUT2D eigenvalue weighted by Crippen LogP contribution is 2.27. The Labute approximate surface area is 109 Å². The molecule has 0 radical (unpaired) electrons. The second-order valence-electron chi connectivity index (χ2n) is 4.62. The summed E-state index contributed by atoms with van der Waals surface area (Å²) in [4.78, 5) is 26.0. The van der Waals surface area contributed by atoms with Crippen LogP contribution >= 0.6 is 0 Å². The summed E-state index contributed by atoms with van der Waals surface area (Å²) in [6.07, 6.45) is 0. The molecular weight excluding hydrogens is 250 g/mol. The first kappa shape index (κ1) is 13.0. The number of amidine groups is 1. The fraction of sp³-hybridized carbons (Fsp3) is 0.333. The monoisotopic (exact) mass is 263 g/mol. The van der Waals surface area contributed by atoms with E-state index in [2.05, 4.69) is 10.3 Å². The molecule has 1 atom stereocenters. The number of hydrogen-bond acceptors (Lipinski definition) is 5. The van der Waals surface area contributed by atoms with Gasteiger partial charge in [-0.1, -0.05) is 13.8 Å². The van der Waals surface area contributed by atoms with Crippen LogP contribution in [0.3, 0.4) is 0 Å². The third kappa shape index (κ3) is 2.40. The van der Waals surface area contributed by atoms with E-state index < -0.39 is 22.4 Å². The average Bonchev–Trinajstić information content (AvgIpc) is 2.71. The Morgan fingerprint density at radius 3 is 2.68 bits per heavy atom. The van der Waals surface area contributed by atoms with Crippen LogP contribution in [0.5, 0.6) is 5.75 Å². The number of carbonyl (C=O) groups excluding carboxylic acids is 1. The molecule has 1 heterocycles. The molecule has 0 saturated heterocycles. The zero-order valence-electron chi connectivity index (χ0n) is 10.5. The lowest BCUT2D eigenvalue weighted by Crippen LogP contribution is -2.31. The van der Waals surface area contributed by atoms with Crippen molar-refractivity contribution < 1.29 is 14.8 Å². The van der Waals surface area contributed by atoms with Crippen LogP contribution < -0.4 is 5.32 Å². The first-order valence-electron chi connectivity index (χ1n) is 5.76. The number of nitro benzene ring substituents is 1. The van der Waals surface area contributed by atoms with Crippen LogP contribution in [0.15, 0.2) is 23.2 Å². The van der Waals surface area contributed by atoms with Gasteiger partial charge in [0.25, 0.3) is 5.91 Å². The summed E-state index contributed by atoms with van der Waals surface area (Å²) < 4.78 is 0. The molecule has 0 fully saturated rings. The van der Waals surface area contributed by atoms with Gasteiger partial charge in [0.2, 0.25) is 0 Å². The van der Waals surface area contributed by atoms with Crippen molar-refractivity contribution in [2.45, 2.75) is 19.9 Å². The number of amides is 1. The van der Waals surface area contributed by atoms with E-state index in [-0.39, 0.29) is 11.8 Å². The molecule has 0 spiro atoms. The van der Waals surface area contributed by atoms with E-state index in [0.717, 1.165) is 0 Å². The molecule has 1 unspecified atom stereocenters. The Morgan fingerprint density at radius 1 is 1.47 bits per heavy atom. The third-order valence-corrected chi connectivity index (χ3v) is 2.86. The molecule has 7 heteroatoms. The third-order valence-electron chi connectivity index (χ3n) is 2.86. The molecule has 0 aromatic heterocycles. The maximum atomic E-state index is 11.7. The van der Waals surface area contributed by atoms with E-state index in [1.807, 2.05) is 13.8 Å². The number of aliphatic imine (C=N–C) groups is 1. The second kappa shape index (κ2) is 4.68. The number of aromatic hydroxyl groups is 1. The van der Waals surface area contributed by atoms with Gasteiger partial charge >= 0.3 is 5.69 Å². The van der Waals surface area contributed by atoms with E-state index in [4.69, 9.17) is 0 Å². The summed E-state index contributed by atoms with van der Waals surface area (Å²) in [6, 6.07) is 3.40. The average molecular weight is 263 g/mol. The molecule has 1 aliphatic rings. The van der Waals surface area contributed by atoms with E-state index in [1.165, 1.54) is 18.2 Å². The molecule has 2 rings (SSSR count). The molecule has 7 nitrogen and oxygen atoms in total. The molecule has 0 saturated carbocycles. The smallest absolute Gasteiger partial charge is 0.311 e. The Morgan fingerprint density at radius 2 is 2.16 bits per heavy atom. The number of benzene rings is 1. The van der Waals surface area contributed by atoms with Gasteiger partial charge in [-0.2, -0.15) is 0 Å². The molecule has 1 aromatic rings. The lowest BCUT2D eigenvalue weighted by atomic mass is 10.1. The zero-order valence-corrected chi connectivity index (χ0v) is 10.5. The normalized spacial score (nSPS) is 18.4. The highest BCUT2D eigenvalue weighted by Gasteiger charge is 2.30. The van der Waals surface area contributed by atoms with Crippen molar-refractivity contribution in [3.05, 3.63) is 33.9 Å². The minimum absolute atomic E-state index is 0.0459. The number of nitrogens with zero attached hydrogens (tertiary/aromatic N) is 2. The Kier molecular flexibility index (Phi) is 3.20. The predicted octanol–water partition coefficient (Wildman–Crippen LogP) is 1.20. The minimum atomic E-state index is -0.684. The van der Waals surface area contributed by atoms with Crippen LogP contribution in [-0.4, -0.2) is 27.8 Å². The molecular formula is C12H13N3O4. The van der Waals surface area contributed by atoms with Gasteiger partial charge in [-0.05, 0) is 18.1 Å². The highest BCUT2D eigenvalue weighted by atomic mass is 16.6. The number of phenols is 1. The van der Waals surface area contributed by atoms with Crippen molar-refractivity contribution in [2.24, 2.45) is 10.9 Å². The van der Waals surface area contributed by atoms with Gasteiger partial charge in [-0.25, -0.2) is 0 Å². The summed E-state index contributed by atoms with van der Waals surface area (Å²) in [5, 5.41) is 22.7. The molecule has 19 heavy (non-hydrogen) atoms. The van der Waals surface area contributed by atoms with Gasteiger partial charge in [0, 0.05) is 11.6 Å². The van der Waals surface area contributed by atoms with Gasteiger partial charge in [0.05, 0.1) is 4.92 Å². The van der Waals surface area contributed by atoms with Crippen molar-refractivity contribution in [1.82, 2.24) is 5.32 Å². The maximum Gasteiger partial charge on any atom is 0.311 e. The molecule has 0 bridgehead atoms. The molecule has 100 valence electrons. The first-order chi connectivity index (χ1) is 8.90. The highest BCUT2D eigenvalue weighted by molar-refractivity contribution is 6.14. The zero-order chi connectivity index (χ0) is 14.2. The number of phenolic OH excluding ortho intramolecular Hbond substituents is 1. The van der Waals surface area contributed by atoms with Crippen LogP contribution in [0.25, 0.3) is 0 Å². The predicted molar refractivity (Wildman–Crippen MR) is 68.1 cm³/mol. The largest absolute Gasteiger partial charge is 0.502 e. The summed E-state index contributed by atoms with van der Waals surface area (Å²) in [5.74, 6) is -0.295. The summed E-state index contributed by atoms with van der Waals surface area (Å²) in [5.41, 5.74) is -0.0107. The van der Waals surface area contributed by atoms with E-state index >= 15 is 0 Å². The fourth-order valence-corrected chi connectivity index (χ4v) is 1.84.